The van der Waals surface area contributed by atoms with Crippen LogP contribution in [0, 0.1) is 0 Å². The van der Waals surface area contributed by atoms with Gasteiger partial charge < -0.3 is 20.1 Å². The van der Waals surface area contributed by atoms with Crippen molar-refractivity contribution in [2.24, 2.45) is 0 Å². The van der Waals surface area contributed by atoms with Gasteiger partial charge in [0.05, 0.1) is 13.0 Å². The third-order valence-electron chi connectivity index (χ3n) is 6.85. The zero-order valence-electron chi connectivity index (χ0n) is 20.4. The molecule has 0 aliphatic carbocycles. The third-order valence-corrected chi connectivity index (χ3v) is 6.85. The third kappa shape index (κ3) is 5.52. The predicted octanol–water partition coefficient (Wildman–Crippen LogP) is 4.69. The van der Waals surface area contributed by atoms with E-state index in [2.05, 4.69) is 27.7 Å². The Morgan fingerprint density at radius 3 is 2.56 bits per heavy atom. The maximum Gasteiger partial charge on any atom is 0.228 e. The van der Waals surface area contributed by atoms with Crippen LogP contribution in [0.15, 0.2) is 72.8 Å². The molecule has 1 saturated heterocycles. The molecule has 7 heteroatoms. The van der Waals surface area contributed by atoms with Crippen LogP contribution in [0.3, 0.4) is 0 Å². The summed E-state index contributed by atoms with van der Waals surface area (Å²) < 4.78 is 11.4. The Kier molecular flexibility index (Phi) is 7.18. The number of para-hydroxylation sites is 3. The lowest BCUT2D eigenvalue weighted by Gasteiger charge is -2.33. The number of methoxy groups -OCH3 is 1. The van der Waals surface area contributed by atoms with Crippen molar-refractivity contribution in [2.45, 2.75) is 37.8 Å². The summed E-state index contributed by atoms with van der Waals surface area (Å²) in [6, 6.07) is 23.4. The molecule has 36 heavy (non-hydrogen) atoms. The van der Waals surface area contributed by atoms with Crippen LogP contribution >= 0.6 is 0 Å². The van der Waals surface area contributed by atoms with Crippen LogP contribution in [-0.4, -0.2) is 43.0 Å². The van der Waals surface area contributed by atoms with Gasteiger partial charge in [0.15, 0.2) is 11.5 Å². The fourth-order valence-electron chi connectivity index (χ4n) is 4.98. The predicted molar refractivity (Wildman–Crippen MR) is 138 cm³/mol. The lowest BCUT2D eigenvalue weighted by molar-refractivity contribution is -0.127. The highest BCUT2D eigenvalue weighted by Crippen LogP contribution is 2.33. The largest absolute Gasteiger partial charge is 0.493 e. The Morgan fingerprint density at radius 1 is 1.00 bits per heavy atom. The van der Waals surface area contributed by atoms with Crippen LogP contribution in [0.5, 0.6) is 17.2 Å². The molecule has 7 nitrogen and oxygen atoms in total. The molecule has 2 heterocycles. The van der Waals surface area contributed by atoms with E-state index < -0.39 is 5.92 Å². The van der Waals surface area contributed by atoms with Crippen molar-refractivity contribution in [3.05, 3.63) is 83.9 Å². The molecule has 5 rings (SSSR count). The van der Waals surface area contributed by atoms with E-state index >= 15 is 0 Å². The maximum atomic E-state index is 13.1. The summed E-state index contributed by atoms with van der Waals surface area (Å²) in [5, 5.41) is 6.06. The van der Waals surface area contributed by atoms with E-state index in [4.69, 9.17) is 9.47 Å². The zero-order valence-corrected chi connectivity index (χ0v) is 20.4. The molecule has 0 radical (unpaired) electrons. The number of amides is 2. The van der Waals surface area contributed by atoms with E-state index in [9.17, 15) is 9.59 Å². The van der Waals surface area contributed by atoms with Crippen LogP contribution in [0.25, 0.3) is 0 Å². The van der Waals surface area contributed by atoms with E-state index in [1.165, 1.54) is 5.56 Å². The number of ether oxygens (including phenoxy) is 2. The van der Waals surface area contributed by atoms with E-state index in [1.54, 1.807) is 7.11 Å². The lowest BCUT2D eigenvalue weighted by atomic mass is 9.89. The Morgan fingerprint density at radius 2 is 1.75 bits per heavy atom. The van der Waals surface area contributed by atoms with E-state index in [-0.39, 0.29) is 24.3 Å². The first-order valence-corrected chi connectivity index (χ1v) is 12.4. The Hall–Kier alpha value is -3.84. The molecule has 0 spiro atoms. The first kappa shape index (κ1) is 23.9. The molecule has 2 aliphatic heterocycles. The summed E-state index contributed by atoms with van der Waals surface area (Å²) in [7, 11) is 1.63. The number of fused-ring (bicyclic) bond motifs is 1. The molecule has 0 aromatic heterocycles. The minimum absolute atomic E-state index is 0.0584. The van der Waals surface area contributed by atoms with E-state index in [0.717, 1.165) is 49.5 Å². The molecular weight excluding hydrogens is 454 g/mol. The molecular formula is C29H31N3O4. The van der Waals surface area contributed by atoms with Gasteiger partial charge in [-0.3, -0.25) is 14.5 Å². The number of nitrogens with zero attached hydrogens (tertiary/aromatic N) is 1. The Bertz CT molecular complexity index is 1240. The van der Waals surface area contributed by atoms with Crippen molar-refractivity contribution in [1.82, 2.24) is 10.2 Å². The number of anilines is 1. The quantitative estimate of drug-likeness (QED) is 0.507. The van der Waals surface area contributed by atoms with E-state index in [1.807, 2.05) is 60.7 Å². The van der Waals surface area contributed by atoms with E-state index in [0.29, 0.717) is 11.5 Å². The van der Waals surface area contributed by atoms with Gasteiger partial charge in [-0.15, -0.1) is 0 Å². The Labute approximate surface area is 211 Å². The van der Waals surface area contributed by atoms with Crippen LogP contribution in [-0.2, 0) is 16.1 Å². The highest BCUT2D eigenvalue weighted by molar-refractivity contribution is 6.01. The monoisotopic (exact) mass is 485 g/mol. The molecule has 1 atom stereocenters. The minimum atomic E-state index is -0.432. The van der Waals surface area contributed by atoms with Crippen molar-refractivity contribution in [3.8, 4) is 17.2 Å². The van der Waals surface area contributed by atoms with Crippen LogP contribution < -0.4 is 20.1 Å². The fourth-order valence-corrected chi connectivity index (χ4v) is 4.98. The van der Waals surface area contributed by atoms with Crippen molar-refractivity contribution in [1.29, 1.82) is 0 Å². The highest BCUT2D eigenvalue weighted by atomic mass is 16.5. The van der Waals surface area contributed by atoms with Gasteiger partial charge in [-0.25, -0.2) is 0 Å². The summed E-state index contributed by atoms with van der Waals surface area (Å²) in [5.74, 6) is 1.56. The average molecular weight is 486 g/mol. The van der Waals surface area contributed by atoms with Crippen molar-refractivity contribution < 1.29 is 19.1 Å². The second-order valence-corrected chi connectivity index (χ2v) is 9.35. The second-order valence-electron chi connectivity index (χ2n) is 9.35. The van der Waals surface area contributed by atoms with Gasteiger partial charge >= 0.3 is 0 Å². The first-order valence-electron chi connectivity index (χ1n) is 12.4. The number of carbonyl (C=O) groups excluding carboxylic acids is 2. The summed E-state index contributed by atoms with van der Waals surface area (Å²) >= 11 is 0. The van der Waals surface area contributed by atoms with Gasteiger partial charge in [0.25, 0.3) is 0 Å². The summed E-state index contributed by atoms with van der Waals surface area (Å²) in [4.78, 5) is 27.5. The van der Waals surface area contributed by atoms with Crippen molar-refractivity contribution in [2.75, 3.05) is 25.5 Å². The molecule has 0 saturated carbocycles. The molecule has 1 fully saturated rings. The van der Waals surface area contributed by atoms with Gasteiger partial charge in [0.2, 0.25) is 11.8 Å². The standard InChI is InChI=1S/C29H31N3O4/c1-35-26-11-4-5-12-27(26)36-22-8-6-7-20(17-22)19-32-15-13-21(14-16-32)30-29(34)24-18-28(33)31-25-10-3-2-9-23(24)25/h2-12,17,21,24H,13-16,18-19H2,1H3,(H,30,34)(H,31,33). The number of carbonyl (C=O) groups is 2. The number of hydrogen-bond donors (Lipinski definition) is 2. The van der Waals surface area contributed by atoms with Gasteiger partial charge in [-0.05, 0) is 54.3 Å². The summed E-state index contributed by atoms with van der Waals surface area (Å²) in [6.45, 7) is 2.61. The topological polar surface area (TPSA) is 79.9 Å². The number of hydrogen-bond acceptors (Lipinski definition) is 5. The van der Waals surface area contributed by atoms with Gasteiger partial charge in [-0.1, -0.05) is 42.5 Å². The van der Waals surface area contributed by atoms with Crippen molar-refractivity contribution >= 4 is 17.5 Å². The molecule has 2 amide bonds. The molecule has 3 aromatic rings. The number of rotatable bonds is 7. The van der Waals surface area contributed by atoms with Crippen LogP contribution in [0.1, 0.15) is 36.3 Å². The number of benzene rings is 3. The lowest BCUT2D eigenvalue weighted by Crippen LogP contribution is -2.46. The number of nitrogens with one attached hydrogen (secondary N) is 2. The smallest absolute Gasteiger partial charge is 0.228 e. The average Bonchev–Trinajstić information content (AvgIpc) is 2.90. The normalized spacial score (nSPS) is 18.1. The number of likely N-dealkylation sites (tertiary alicyclic amines) is 1. The molecule has 0 bridgehead atoms. The molecule has 1 unspecified atom stereocenters. The molecule has 186 valence electrons. The van der Waals surface area contributed by atoms with Gasteiger partial charge in [-0.2, -0.15) is 0 Å². The molecule has 2 N–H and O–H groups in total. The van der Waals surface area contributed by atoms with Crippen molar-refractivity contribution in [3.63, 3.8) is 0 Å². The van der Waals surface area contributed by atoms with Crippen LogP contribution in [0.4, 0.5) is 5.69 Å². The summed E-state index contributed by atoms with van der Waals surface area (Å²) in [5.41, 5.74) is 2.80. The fraction of sp³-hybridized carbons (Fsp3) is 0.310. The maximum absolute atomic E-state index is 13.1. The second kappa shape index (κ2) is 10.8. The minimum Gasteiger partial charge on any atom is -0.493 e. The number of piperidine rings is 1. The Balaban J connectivity index is 1.14. The van der Waals surface area contributed by atoms with Gasteiger partial charge in [0.1, 0.15) is 5.75 Å². The SMILES string of the molecule is COc1ccccc1Oc1cccc(CN2CCC(NC(=O)C3CC(=O)Nc4ccccc43)CC2)c1. The first-order chi connectivity index (χ1) is 17.6. The highest BCUT2D eigenvalue weighted by Gasteiger charge is 2.32. The zero-order chi connectivity index (χ0) is 24.9. The summed E-state index contributed by atoms with van der Waals surface area (Å²) in [6.07, 6.45) is 1.95. The van der Waals surface area contributed by atoms with Gasteiger partial charge in [0, 0.05) is 37.8 Å². The van der Waals surface area contributed by atoms with Crippen LogP contribution in [0.2, 0.25) is 0 Å². The molecule has 3 aromatic carbocycles. The molecule has 2 aliphatic rings.